The normalized spacial score (nSPS) is 11.0. The molecule has 0 aromatic heterocycles. The number of ether oxygens (including phenoxy) is 2. The summed E-state index contributed by atoms with van der Waals surface area (Å²) in [6, 6.07) is 18.9. The summed E-state index contributed by atoms with van der Waals surface area (Å²) in [4.78, 5) is 24.4. The van der Waals surface area contributed by atoms with E-state index in [1.54, 1.807) is 32.2 Å². The van der Waals surface area contributed by atoms with Crippen molar-refractivity contribution in [1.29, 1.82) is 0 Å². The molecule has 0 aliphatic heterocycles. The Balaban J connectivity index is 1.62. The van der Waals surface area contributed by atoms with Crippen molar-refractivity contribution in [2.75, 3.05) is 12.4 Å². The van der Waals surface area contributed by atoms with Crippen LogP contribution in [0, 0.1) is 20.8 Å². The smallest absolute Gasteiger partial charge is 0.329 e. The lowest BCUT2D eigenvalue weighted by Crippen LogP contribution is -2.33. The third-order valence-corrected chi connectivity index (χ3v) is 5.39. The highest BCUT2D eigenvalue weighted by molar-refractivity contribution is 6.39. The molecular formula is C27H29N3O4. The first-order valence-corrected chi connectivity index (χ1v) is 10.9. The number of aryl methyl sites for hydroxylation is 3. The van der Waals surface area contributed by atoms with Gasteiger partial charge < -0.3 is 14.8 Å². The van der Waals surface area contributed by atoms with E-state index >= 15 is 0 Å². The Hall–Kier alpha value is -4.13. The van der Waals surface area contributed by atoms with E-state index in [4.69, 9.17) is 9.47 Å². The molecule has 34 heavy (non-hydrogen) atoms. The molecule has 0 atom stereocenters. The van der Waals surface area contributed by atoms with E-state index < -0.39 is 11.8 Å². The van der Waals surface area contributed by atoms with Gasteiger partial charge in [0.1, 0.15) is 6.61 Å². The SMILES string of the molecule is COc1cc(/C(C)=N/NC(=O)C(=O)Nc2ccc(C)c(C)c2)ccc1OCc1ccc(C)cc1. The minimum Gasteiger partial charge on any atom is -0.493 e. The number of carbonyl (C=O) groups excluding carboxylic acids is 2. The van der Waals surface area contributed by atoms with Gasteiger partial charge in [0.15, 0.2) is 11.5 Å². The maximum absolute atomic E-state index is 12.2. The summed E-state index contributed by atoms with van der Waals surface area (Å²) in [5.74, 6) is -0.519. The zero-order valence-electron chi connectivity index (χ0n) is 20.1. The lowest BCUT2D eigenvalue weighted by atomic mass is 10.1. The van der Waals surface area contributed by atoms with Crippen LogP contribution in [0.15, 0.2) is 65.8 Å². The molecule has 0 radical (unpaired) electrons. The third-order valence-electron chi connectivity index (χ3n) is 5.39. The number of hydrogen-bond acceptors (Lipinski definition) is 5. The van der Waals surface area contributed by atoms with E-state index in [0.29, 0.717) is 29.5 Å². The molecule has 0 aliphatic rings. The van der Waals surface area contributed by atoms with Gasteiger partial charge in [-0.05, 0) is 74.7 Å². The van der Waals surface area contributed by atoms with Crippen LogP contribution in [0.2, 0.25) is 0 Å². The van der Waals surface area contributed by atoms with Crippen molar-refractivity contribution in [3.8, 4) is 11.5 Å². The molecule has 3 aromatic carbocycles. The van der Waals surface area contributed by atoms with Gasteiger partial charge in [0.05, 0.1) is 12.8 Å². The number of anilines is 1. The van der Waals surface area contributed by atoms with E-state index in [9.17, 15) is 9.59 Å². The van der Waals surface area contributed by atoms with Crippen LogP contribution in [0.25, 0.3) is 0 Å². The highest BCUT2D eigenvalue weighted by Gasteiger charge is 2.14. The molecule has 0 unspecified atom stereocenters. The first kappa shape index (κ1) is 24.5. The summed E-state index contributed by atoms with van der Waals surface area (Å²) in [5.41, 5.74) is 8.44. The summed E-state index contributed by atoms with van der Waals surface area (Å²) >= 11 is 0. The number of rotatable bonds is 7. The fourth-order valence-electron chi connectivity index (χ4n) is 3.11. The number of amides is 2. The first-order valence-electron chi connectivity index (χ1n) is 10.9. The van der Waals surface area contributed by atoms with Gasteiger partial charge in [0.25, 0.3) is 0 Å². The highest BCUT2D eigenvalue weighted by atomic mass is 16.5. The summed E-state index contributed by atoms with van der Waals surface area (Å²) in [5, 5.41) is 6.63. The monoisotopic (exact) mass is 459 g/mol. The van der Waals surface area contributed by atoms with E-state index in [-0.39, 0.29) is 0 Å². The maximum atomic E-state index is 12.2. The molecule has 0 bridgehead atoms. The minimum atomic E-state index is -0.859. The number of nitrogens with zero attached hydrogens (tertiary/aromatic N) is 1. The zero-order chi connectivity index (χ0) is 24.7. The second-order valence-electron chi connectivity index (χ2n) is 8.03. The fourth-order valence-corrected chi connectivity index (χ4v) is 3.11. The molecule has 3 rings (SSSR count). The van der Waals surface area contributed by atoms with Crippen LogP contribution >= 0.6 is 0 Å². The van der Waals surface area contributed by atoms with Gasteiger partial charge >= 0.3 is 11.8 Å². The van der Waals surface area contributed by atoms with E-state index in [1.807, 2.05) is 63.2 Å². The van der Waals surface area contributed by atoms with Crippen molar-refractivity contribution in [2.45, 2.75) is 34.3 Å². The second kappa shape index (κ2) is 11.1. The number of carbonyl (C=O) groups is 2. The third kappa shape index (κ3) is 6.45. The number of nitrogens with one attached hydrogen (secondary N) is 2. The summed E-state index contributed by atoms with van der Waals surface area (Å²) in [6.45, 7) is 8.09. The van der Waals surface area contributed by atoms with Crippen molar-refractivity contribution in [3.63, 3.8) is 0 Å². The average Bonchev–Trinajstić information content (AvgIpc) is 2.84. The van der Waals surface area contributed by atoms with Crippen molar-refractivity contribution >= 4 is 23.2 Å². The molecule has 0 saturated heterocycles. The summed E-state index contributed by atoms with van der Waals surface area (Å²) in [6.07, 6.45) is 0. The molecule has 0 aliphatic carbocycles. The molecule has 0 saturated carbocycles. The molecule has 0 fully saturated rings. The first-order chi connectivity index (χ1) is 16.3. The molecule has 7 nitrogen and oxygen atoms in total. The van der Waals surface area contributed by atoms with Crippen LogP contribution in [0.1, 0.15) is 34.7 Å². The standard InChI is InChI=1S/C27H29N3O4/c1-17-6-9-21(10-7-17)16-34-24-13-11-22(15-25(24)33-5)20(4)29-30-27(32)26(31)28-23-12-8-18(2)19(3)14-23/h6-15H,16H2,1-5H3,(H,28,31)(H,30,32)/b29-20+. The Labute approximate surface area is 199 Å². The molecule has 3 aromatic rings. The van der Waals surface area contributed by atoms with Gasteiger partial charge in [-0.15, -0.1) is 0 Å². The van der Waals surface area contributed by atoms with Gasteiger partial charge in [0.2, 0.25) is 0 Å². The van der Waals surface area contributed by atoms with Crippen LogP contribution in [0.3, 0.4) is 0 Å². The van der Waals surface area contributed by atoms with E-state index in [1.165, 1.54) is 5.56 Å². The topological polar surface area (TPSA) is 89.0 Å². The van der Waals surface area contributed by atoms with Crippen molar-refractivity contribution < 1.29 is 19.1 Å². The largest absolute Gasteiger partial charge is 0.493 e. The number of hydrazone groups is 1. The lowest BCUT2D eigenvalue weighted by molar-refractivity contribution is -0.136. The number of methoxy groups -OCH3 is 1. The predicted molar refractivity (Wildman–Crippen MR) is 133 cm³/mol. The van der Waals surface area contributed by atoms with Crippen LogP contribution in [-0.4, -0.2) is 24.6 Å². The molecular weight excluding hydrogens is 430 g/mol. The predicted octanol–water partition coefficient (Wildman–Crippen LogP) is 4.68. The number of hydrogen-bond donors (Lipinski definition) is 2. The van der Waals surface area contributed by atoms with E-state index in [0.717, 1.165) is 22.3 Å². The Morgan fingerprint density at radius 1 is 0.853 bits per heavy atom. The van der Waals surface area contributed by atoms with Crippen molar-refractivity contribution in [3.05, 3.63) is 88.5 Å². The van der Waals surface area contributed by atoms with Crippen LogP contribution in [-0.2, 0) is 16.2 Å². The Morgan fingerprint density at radius 2 is 1.59 bits per heavy atom. The second-order valence-corrected chi connectivity index (χ2v) is 8.03. The van der Waals surface area contributed by atoms with E-state index in [2.05, 4.69) is 15.8 Å². The van der Waals surface area contributed by atoms with Crippen LogP contribution < -0.4 is 20.2 Å². The minimum absolute atomic E-state index is 0.411. The zero-order valence-corrected chi connectivity index (χ0v) is 20.1. The fraction of sp³-hybridized carbons (Fsp3) is 0.222. The van der Waals surface area contributed by atoms with Crippen LogP contribution in [0.4, 0.5) is 5.69 Å². The quantitative estimate of drug-likeness (QED) is 0.305. The highest BCUT2D eigenvalue weighted by Crippen LogP contribution is 2.29. The van der Waals surface area contributed by atoms with Gasteiger partial charge in [-0.3, -0.25) is 9.59 Å². The molecule has 2 amide bonds. The Kier molecular flexibility index (Phi) is 8.03. The average molecular weight is 460 g/mol. The summed E-state index contributed by atoms with van der Waals surface area (Å²) < 4.78 is 11.4. The molecule has 0 spiro atoms. The van der Waals surface area contributed by atoms with Gasteiger partial charge in [-0.2, -0.15) is 5.10 Å². The lowest BCUT2D eigenvalue weighted by Gasteiger charge is -2.12. The molecule has 2 N–H and O–H groups in total. The van der Waals surface area contributed by atoms with Gasteiger partial charge in [-0.25, -0.2) is 5.43 Å². The summed E-state index contributed by atoms with van der Waals surface area (Å²) in [7, 11) is 1.56. The molecule has 0 heterocycles. The van der Waals surface area contributed by atoms with Crippen molar-refractivity contribution in [1.82, 2.24) is 5.43 Å². The van der Waals surface area contributed by atoms with Crippen LogP contribution in [0.5, 0.6) is 11.5 Å². The molecule has 176 valence electrons. The Bertz CT molecular complexity index is 1220. The Morgan fingerprint density at radius 3 is 2.26 bits per heavy atom. The van der Waals surface area contributed by atoms with Gasteiger partial charge in [-0.1, -0.05) is 35.9 Å². The molecule has 7 heteroatoms. The maximum Gasteiger partial charge on any atom is 0.329 e. The van der Waals surface area contributed by atoms with Gasteiger partial charge in [0, 0.05) is 11.3 Å². The van der Waals surface area contributed by atoms with Crippen molar-refractivity contribution in [2.24, 2.45) is 5.10 Å². The number of benzene rings is 3.